The molecule has 4 rings (SSSR count). The zero-order chi connectivity index (χ0) is 24.1. The van der Waals surface area contributed by atoms with Crippen molar-refractivity contribution in [3.8, 4) is 11.5 Å². The summed E-state index contributed by atoms with van der Waals surface area (Å²) >= 11 is 0. The Bertz CT molecular complexity index is 1200. The van der Waals surface area contributed by atoms with Gasteiger partial charge in [0.15, 0.2) is 11.5 Å². The molecule has 0 bridgehead atoms. The summed E-state index contributed by atoms with van der Waals surface area (Å²) in [6.07, 6.45) is 3.50. The number of aromatic nitrogens is 3. The number of allylic oxidation sites excluding steroid dienone is 1. The highest BCUT2D eigenvalue weighted by molar-refractivity contribution is 6.06. The van der Waals surface area contributed by atoms with E-state index in [4.69, 9.17) is 9.47 Å². The van der Waals surface area contributed by atoms with Gasteiger partial charge in [-0.3, -0.25) is 4.79 Å². The summed E-state index contributed by atoms with van der Waals surface area (Å²) in [6.45, 7) is 9.06. The van der Waals surface area contributed by atoms with Crippen molar-refractivity contribution in [2.75, 3.05) is 23.8 Å². The van der Waals surface area contributed by atoms with Crippen molar-refractivity contribution in [1.82, 2.24) is 14.8 Å². The second-order valence-corrected chi connectivity index (χ2v) is 8.26. The lowest BCUT2D eigenvalue weighted by atomic mass is 9.94. The van der Waals surface area contributed by atoms with Gasteiger partial charge >= 0.3 is 0 Å². The van der Waals surface area contributed by atoms with E-state index in [2.05, 4.69) is 27.6 Å². The molecule has 0 aliphatic carbocycles. The molecule has 2 aromatic carbocycles. The first-order valence-electron chi connectivity index (χ1n) is 11.7. The second kappa shape index (κ2) is 10.4. The predicted molar refractivity (Wildman–Crippen MR) is 132 cm³/mol. The molecule has 0 radical (unpaired) electrons. The van der Waals surface area contributed by atoms with Crippen LogP contribution in [0.2, 0.25) is 0 Å². The second-order valence-electron chi connectivity index (χ2n) is 8.26. The lowest BCUT2D eigenvalue weighted by Gasteiger charge is -2.29. The molecule has 3 aromatic rings. The van der Waals surface area contributed by atoms with E-state index in [-0.39, 0.29) is 5.91 Å². The van der Waals surface area contributed by atoms with Crippen molar-refractivity contribution in [3.63, 3.8) is 0 Å². The van der Waals surface area contributed by atoms with E-state index in [0.717, 1.165) is 35.4 Å². The Hall–Kier alpha value is -3.81. The van der Waals surface area contributed by atoms with E-state index in [9.17, 15) is 4.79 Å². The molecule has 34 heavy (non-hydrogen) atoms. The minimum absolute atomic E-state index is 0.206. The van der Waals surface area contributed by atoms with Crippen LogP contribution in [0.5, 0.6) is 11.5 Å². The quantitative estimate of drug-likeness (QED) is 0.431. The minimum Gasteiger partial charge on any atom is -0.490 e. The average Bonchev–Trinajstić information content (AvgIpc) is 3.27. The van der Waals surface area contributed by atoms with Gasteiger partial charge in [-0.1, -0.05) is 31.5 Å². The number of nitrogens with zero attached hydrogens (tertiary/aromatic N) is 3. The largest absolute Gasteiger partial charge is 0.490 e. The molecule has 1 amide bonds. The van der Waals surface area contributed by atoms with Crippen molar-refractivity contribution in [2.45, 2.75) is 46.6 Å². The number of carbonyl (C=O) groups excluding carboxylic acids is 1. The molecule has 2 N–H and O–H groups in total. The Morgan fingerprint density at radius 3 is 2.74 bits per heavy atom. The minimum atomic E-state index is -0.479. The van der Waals surface area contributed by atoms with Crippen LogP contribution in [0.1, 0.15) is 50.8 Å². The Kier molecular flexibility index (Phi) is 7.15. The van der Waals surface area contributed by atoms with Crippen LogP contribution in [0, 0.1) is 6.92 Å². The third kappa shape index (κ3) is 4.90. The van der Waals surface area contributed by atoms with Crippen molar-refractivity contribution >= 4 is 17.5 Å². The van der Waals surface area contributed by atoms with E-state index >= 15 is 0 Å². The highest BCUT2D eigenvalue weighted by Gasteiger charge is 2.34. The monoisotopic (exact) mass is 461 g/mol. The Morgan fingerprint density at radius 1 is 1.12 bits per heavy atom. The summed E-state index contributed by atoms with van der Waals surface area (Å²) in [7, 11) is 0. The number of hydrogen-bond acceptors (Lipinski definition) is 6. The summed E-state index contributed by atoms with van der Waals surface area (Å²) in [4.78, 5) is 17.8. The summed E-state index contributed by atoms with van der Waals surface area (Å²) < 4.78 is 13.6. The number of rotatable bonds is 9. The molecule has 1 aliphatic rings. The molecule has 8 heteroatoms. The summed E-state index contributed by atoms with van der Waals surface area (Å²) in [5.41, 5.74) is 3.94. The number of anilines is 2. The molecule has 0 saturated carbocycles. The lowest BCUT2D eigenvalue weighted by molar-refractivity contribution is -0.113. The van der Waals surface area contributed by atoms with Gasteiger partial charge in [0.2, 0.25) is 5.95 Å². The van der Waals surface area contributed by atoms with Crippen molar-refractivity contribution < 1.29 is 14.3 Å². The van der Waals surface area contributed by atoms with Crippen LogP contribution in [-0.2, 0) is 4.79 Å². The molecule has 1 aromatic heterocycles. The average molecular weight is 462 g/mol. The zero-order valence-corrected chi connectivity index (χ0v) is 20.1. The number of carbonyl (C=O) groups is 1. The first kappa shape index (κ1) is 23.4. The van der Waals surface area contributed by atoms with Crippen LogP contribution >= 0.6 is 0 Å². The molecule has 0 saturated heterocycles. The molecule has 0 fully saturated rings. The van der Waals surface area contributed by atoms with Gasteiger partial charge in [0.1, 0.15) is 12.4 Å². The molecule has 1 unspecified atom stereocenters. The maximum Gasteiger partial charge on any atom is 0.255 e. The number of hydrogen-bond donors (Lipinski definition) is 2. The smallest absolute Gasteiger partial charge is 0.255 e. The molecule has 0 spiro atoms. The van der Waals surface area contributed by atoms with Gasteiger partial charge in [0.25, 0.3) is 5.91 Å². The van der Waals surface area contributed by atoms with Crippen LogP contribution in [-0.4, -0.2) is 33.9 Å². The van der Waals surface area contributed by atoms with E-state index in [1.54, 1.807) is 4.68 Å². The van der Waals surface area contributed by atoms with E-state index in [0.29, 0.717) is 36.2 Å². The van der Waals surface area contributed by atoms with Crippen molar-refractivity contribution in [3.05, 3.63) is 71.2 Å². The maximum atomic E-state index is 13.5. The number of amides is 1. The topological polar surface area (TPSA) is 90.3 Å². The summed E-state index contributed by atoms with van der Waals surface area (Å²) in [5.74, 6) is 1.71. The number of benzene rings is 2. The van der Waals surface area contributed by atoms with Crippen LogP contribution in [0.15, 0.2) is 60.1 Å². The van der Waals surface area contributed by atoms with Crippen LogP contribution in [0.25, 0.3) is 0 Å². The standard InChI is InChI=1S/C26H31N5O3/c1-5-7-13-34-21-12-11-19(15-22(21)33-6-2)24-23(18(4)29-26-27-16-28-31(24)26)25(32)30-20-10-8-9-17(3)14-20/h8-12,14-16,24H,5-7,13H2,1-4H3,(H,30,32)(H,27,28,29). The number of ether oxygens (including phenoxy) is 2. The van der Waals surface area contributed by atoms with Crippen LogP contribution in [0.4, 0.5) is 11.6 Å². The van der Waals surface area contributed by atoms with Gasteiger partial charge in [0.05, 0.1) is 18.8 Å². The third-order valence-corrected chi connectivity index (χ3v) is 5.65. The number of fused-ring (bicyclic) bond motifs is 1. The van der Waals surface area contributed by atoms with E-state index in [1.807, 2.05) is 63.2 Å². The highest BCUT2D eigenvalue weighted by Crippen LogP contribution is 2.39. The van der Waals surface area contributed by atoms with Crippen molar-refractivity contribution in [2.24, 2.45) is 0 Å². The fraction of sp³-hybridized carbons (Fsp3) is 0.346. The molecule has 8 nitrogen and oxygen atoms in total. The fourth-order valence-corrected chi connectivity index (χ4v) is 4.02. The van der Waals surface area contributed by atoms with E-state index < -0.39 is 6.04 Å². The molecule has 178 valence electrons. The number of aryl methyl sites for hydroxylation is 1. The SMILES string of the molecule is CCCCOc1ccc(C2C(C(=O)Nc3cccc(C)c3)=C(C)Nc3ncnn32)cc1OCC. The third-order valence-electron chi connectivity index (χ3n) is 5.65. The van der Waals surface area contributed by atoms with Gasteiger partial charge in [-0.25, -0.2) is 4.68 Å². The lowest BCUT2D eigenvalue weighted by Crippen LogP contribution is -2.31. The predicted octanol–water partition coefficient (Wildman–Crippen LogP) is 5.09. The molecular weight excluding hydrogens is 430 g/mol. The van der Waals surface area contributed by atoms with Gasteiger partial charge in [-0.05, 0) is 62.6 Å². The zero-order valence-electron chi connectivity index (χ0n) is 20.1. The van der Waals surface area contributed by atoms with Gasteiger partial charge in [-0.15, -0.1) is 0 Å². The highest BCUT2D eigenvalue weighted by atomic mass is 16.5. The Labute approximate surface area is 200 Å². The summed E-state index contributed by atoms with van der Waals surface area (Å²) in [6, 6.07) is 13.0. The fourth-order valence-electron chi connectivity index (χ4n) is 4.02. The molecular formula is C26H31N5O3. The van der Waals surface area contributed by atoms with E-state index in [1.165, 1.54) is 6.33 Å². The maximum absolute atomic E-state index is 13.5. The molecule has 2 heterocycles. The molecule has 1 aliphatic heterocycles. The van der Waals surface area contributed by atoms with Crippen molar-refractivity contribution in [1.29, 1.82) is 0 Å². The van der Waals surface area contributed by atoms with Gasteiger partial charge in [-0.2, -0.15) is 10.1 Å². The van der Waals surface area contributed by atoms with Crippen LogP contribution in [0.3, 0.4) is 0 Å². The first-order valence-corrected chi connectivity index (χ1v) is 11.7. The summed E-state index contributed by atoms with van der Waals surface area (Å²) in [5, 5.41) is 10.7. The first-order chi connectivity index (χ1) is 16.5. The van der Waals surface area contributed by atoms with Crippen LogP contribution < -0.4 is 20.1 Å². The normalized spacial score (nSPS) is 14.9. The molecule has 1 atom stereocenters. The van der Waals surface area contributed by atoms with Gasteiger partial charge < -0.3 is 20.1 Å². The Morgan fingerprint density at radius 2 is 1.97 bits per heavy atom. The Balaban J connectivity index is 1.72. The van der Waals surface area contributed by atoms with Gasteiger partial charge in [0, 0.05) is 11.4 Å². The number of unbranched alkanes of at least 4 members (excludes halogenated alkanes) is 1. The number of nitrogens with one attached hydrogen (secondary N) is 2.